The van der Waals surface area contributed by atoms with Gasteiger partial charge < -0.3 is 10.5 Å². The zero-order chi connectivity index (χ0) is 11.1. The molecule has 0 saturated heterocycles. The Morgan fingerprint density at radius 2 is 2.27 bits per heavy atom. The molecular weight excluding hydrogens is 254 g/mol. The summed E-state index contributed by atoms with van der Waals surface area (Å²) in [6.45, 7) is 3.82. The average Bonchev–Trinajstić information content (AvgIpc) is 2.26. The Kier molecular flexibility index (Phi) is 5.61. The van der Waals surface area contributed by atoms with Crippen molar-refractivity contribution in [2.45, 2.75) is 20.1 Å². The van der Waals surface area contributed by atoms with Crippen molar-refractivity contribution in [3.05, 3.63) is 46.0 Å². The van der Waals surface area contributed by atoms with Gasteiger partial charge in [-0.25, -0.2) is 0 Å². The number of allylic oxidation sites excluding steroid dienone is 1. The van der Waals surface area contributed by atoms with Crippen LogP contribution < -0.4 is 5.73 Å². The summed E-state index contributed by atoms with van der Waals surface area (Å²) in [4.78, 5) is 0. The summed E-state index contributed by atoms with van der Waals surface area (Å²) in [5.41, 5.74) is 7.82. The van der Waals surface area contributed by atoms with Gasteiger partial charge in [0.05, 0.1) is 13.2 Å². The van der Waals surface area contributed by atoms with Gasteiger partial charge in [0, 0.05) is 11.0 Å². The van der Waals surface area contributed by atoms with E-state index in [1.165, 1.54) is 0 Å². The SMILES string of the molecule is C/C=C/COCc1ccc(CN)cc1Br. The molecule has 0 saturated carbocycles. The summed E-state index contributed by atoms with van der Waals surface area (Å²) in [6, 6.07) is 6.11. The van der Waals surface area contributed by atoms with Crippen molar-refractivity contribution in [1.29, 1.82) is 0 Å². The summed E-state index contributed by atoms with van der Waals surface area (Å²) in [6.07, 6.45) is 3.97. The molecule has 0 spiro atoms. The predicted molar refractivity (Wildman–Crippen MR) is 66.5 cm³/mol. The van der Waals surface area contributed by atoms with Crippen molar-refractivity contribution in [1.82, 2.24) is 0 Å². The van der Waals surface area contributed by atoms with Crippen molar-refractivity contribution in [2.75, 3.05) is 6.61 Å². The summed E-state index contributed by atoms with van der Waals surface area (Å²) in [5.74, 6) is 0. The first-order valence-corrected chi connectivity index (χ1v) is 5.73. The fourth-order valence-corrected chi connectivity index (χ4v) is 1.71. The first-order valence-electron chi connectivity index (χ1n) is 4.94. The van der Waals surface area contributed by atoms with Crippen LogP contribution in [0.2, 0.25) is 0 Å². The van der Waals surface area contributed by atoms with E-state index in [0.29, 0.717) is 19.8 Å². The van der Waals surface area contributed by atoms with Gasteiger partial charge in [-0.15, -0.1) is 0 Å². The molecule has 2 nitrogen and oxygen atoms in total. The molecule has 82 valence electrons. The van der Waals surface area contributed by atoms with Crippen molar-refractivity contribution in [3.63, 3.8) is 0 Å². The molecular formula is C12H16BrNO. The fourth-order valence-electron chi connectivity index (χ4n) is 1.17. The smallest absolute Gasteiger partial charge is 0.0732 e. The molecule has 0 aliphatic carbocycles. The first kappa shape index (κ1) is 12.4. The highest BCUT2D eigenvalue weighted by Crippen LogP contribution is 2.19. The molecule has 0 atom stereocenters. The van der Waals surface area contributed by atoms with Crippen LogP contribution in [0.25, 0.3) is 0 Å². The van der Waals surface area contributed by atoms with Crippen LogP contribution in [0.3, 0.4) is 0 Å². The van der Waals surface area contributed by atoms with Gasteiger partial charge in [-0.2, -0.15) is 0 Å². The Balaban J connectivity index is 2.54. The zero-order valence-electron chi connectivity index (χ0n) is 8.87. The molecule has 0 aliphatic rings. The van der Waals surface area contributed by atoms with E-state index in [2.05, 4.69) is 15.9 Å². The van der Waals surface area contributed by atoms with Crippen LogP contribution in [-0.2, 0) is 17.9 Å². The van der Waals surface area contributed by atoms with Gasteiger partial charge in [0.1, 0.15) is 0 Å². The van der Waals surface area contributed by atoms with Crippen molar-refractivity contribution in [2.24, 2.45) is 5.73 Å². The van der Waals surface area contributed by atoms with Gasteiger partial charge >= 0.3 is 0 Å². The third-order valence-corrected chi connectivity index (χ3v) is 2.80. The Labute approximate surface area is 99.3 Å². The quantitative estimate of drug-likeness (QED) is 0.659. The molecule has 0 aliphatic heterocycles. The molecule has 0 amide bonds. The van der Waals surface area contributed by atoms with Crippen LogP contribution in [0.15, 0.2) is 34.8 Å². The second-order valence-electron chi connectivity index (χ2n) is 3.21. The van der Waals surface area contributed by atoms with Gasteiger partial charge in [-0.05, 0) is 24.1 Å². The number of benzene rings is 1. The van der Waals surface area contributed by atoms with Gasteiger partial charge in [-0.1, -0.05) is 40.2 Å². The van der Waals surface area contributed by atoms with E-state index in [-0.39, 0.29) is 0 Å². The molecule has 0 fully saturated rings. The third kappa shape index (κ3) is 4.16. The lowest BCUT2D eigenvalue weighted by atomic mass is 10.1. The molecule has 0 unspecified atom stereocenters. The molecule has 1 rings (SSSR count). The normalized spacial score (nSPS) is 11.1. The second-order valence-corrected chi connectivity index (χ2v) is 4.07. The number of ether oxygens (including phenoxy) is 1. The van der Waals surface area contributed by atoms with E-state index in [4.69, 9.17) is 10.5 Å². The number of nitrogens with two attached hydrogens (primary N) is 1. The highest BCUT2D eigenvalue weighted by atomic mass is 79.9. The standard InChI is InChI=1S/C12H16BrNO/c1-2-3-6-15-9-11-5-4-10(8-14)7-12(11)13/h2-5,7H,6,8-9,14H2,1H3/b3-2+. The Bertz CT molecular complexity index is 336. The largest absolute Gasteiger partial charge is 0.373 e. The molecule has 1 aromatic carbocycles. The number of rotatable bonds is 5. The molecule has 0 bridgehead atoms. The highest BCUT2D eigenvalue weighted by molar-refractivity contribution is 9.10. The van der Waals surface area contributed by atoms with Crippen LogP contribution in [0, 0.1) is 0 Å². The first-order chi connectivity index (χ1) is 7.27. The van der Waals surface area contributed by atoms with Crippen LogP contribution in [0.1, 0.15) is 18.1 Å². The lowest BCUT2D eigenvalue weighted by molar-refractivity contribution is 0.148. The monoisotopic (exact) mass is 269 g/mol. The minimum atomic E-state index is 0.568. The molecule has 2 N–H and O–H groups in total. The van der Waals surface area contributed by atoms with Crippen molar-refractivity contribution >= 4 is 15.9 Å². The topological polar surface area (TPSA) is 35.2 Å². The van der Waals surface area contributed by atoms with Crippen molar-refractivity contribution in [3.8, 4) is 0 Å². The predicted octanol–water partition coefficient (Wildman–Crippen LogP) is 3.00. The van der Waals surface area contributed by atoms with Gasteiger partial charge in [0.25, 0.3) is 0 Å². The third-order valence-electron chi connectivity index (χ3n) is 2.06. The Hall–Kier alpha value is -0.640. The second kappa shape index (κ2) is 6.77. The van der Waals surface area contributed by atoms with E-state index >= 15 is 0 Å². The fraction of sp³-hybridized carbons (Fsp3) is 0.333. The van der Waals surface area contributed by atoms with E-state index in [9.17, 15) is 0 Å². The maximum absolute atomic E-state index is 5.55. The molecule has 1 aromatic rings. The maximum atomic E-state index is 5.55. The lowest BCUT2D eigenvalue weighted by Gasteiger charge is -2.06. The number of halogens is 1. The summed E-state index contributed by atoms with van der Waals surface area (Å²) >= 11 is 3.50. The van der Waals surface area contributed by atoms with Gasteiger partial charge in [0.15, 0.2) is 0 Å². The van der Waals surface area contributed by atoms with Crippen molar-refractivity contribution < 1.29 is 4.74 Å². The van der Waals surface area contributed by atoms with Gasteiger partial charge in [0.2, 0.25) is 0 Å². The van der Waals surface area contributed by atoms with Crippen LogP contribution in [-0.4, -0.2) is 6.61 Å². The minimum absolute atomic E-state index is 0.568. The van der Waals surface area contributed by atoms with E-state index in [1.54, 1.807) is 0 Å². The molecule has 15 heavy (non-hydrogen) atoms. The average molecular weight is 270 g/mol. The van der Waals surface area contributed by atoms with E-state index < -0.39 is 0 Å². The van der Waals surface area contributed by atoms with Crippen LogP contribution >= 0.6 is 15.9 Å². The van der Waals surface area contributed by atoms with E-state index in [1.807, 2.05) is 37.3 Å². The zero-order valence-corrected chi connectivity index (χ0v) is 10.5. The highest BCUT2D eigenvalue weighted by Gasteiger charge is 2.00. The molecule has 0 radical (unpaired) electrons. The summed E-state index contributed by atoms with van der Waals surface area (Å²) in [7, 11) is 0. The number of hydrogen-bond donors (Lipinski definition) is 1. The van der Waals surface area contributed by atoms with E-state index in [0.717, 1.165) is 15.6 Å². The molecule has 3 heteroatoms. The Morgan fingerprint density at radius 1 is 1.47 bits per heavy atom. The molecule has 0 aromatic heterocycles. The van der Waals surface area contributed by atoms with Gasteiger partial charge in [-0.3, -0.25) is 0 Å². The summed E-state index contributed by atoms with van der Waals surface area (Å²) in [5, 5.41) is 0. The van der Waals surface area contributed by atoms with Crippen LogP contribution in [0.5, 0.6) is 0 Å². The van der Waals surface area contributed by atoms with Crippen LogP contribution in [0.4, 0.5) is 0 Å². The number of hydrogen-bond acceptors (Lipinski definition) is 2. The summed E-state index contributed by atoms with van der Waals surface area (Å²) < 4.78 is 6.53. The Morgan fingerprint density at radius 3 is 2.87 bits per heavy atom. The minimum Gasteiger partial charge on any atom is -0.373 e. The molecule has 0 heterocycles. The lowest BCUT2D eigenvalue weighted by Crippen LogP contribution is -1.98. The maximum Gasteiger partial charge on any atom is 0.0732 e.